The number of benzene rings is 1. The van der Waals surface area contributed by atoms with E-state index < -0.39 is 7.14 Å². The predicted molar refractivity (Wildman–Crippen MR) is 126 cm³/mol. The second-order valence-corrected chi connectivity index (χ2v) is 16.6. The molecule has 3 aliphatic heterocycles. The fourth-order valence-electron chi connectivity index (χ4n) is 7.08. The maximum atomic E-state index is 15.1. The topological polar surface area (TPSA) is 17.1 Å². The number of rotatable bonds is 2. The fraction of sp³-hybridized carbons (Fsp3) is 0.760. The van der Waals surface area contributed by atoms with Crippen LogP contribution >= 0.6 is 15.1 Å². The molecule has 0 spiro atoms. The Hall–Kier alpha value is -0.120. The molecule has 4 unspecified atom stereocenters. The summed E-state index contributed by atoms with van der Waals surface area (Å²) < 4.78 is 15.1. The van der Waals surface area contributed by atoms with Crippen LogP contribution in [0.4, 0.5) is 0 Å². The van der Waals surface area contributed by atoms with E-state index in [1.807, 2.05) is 0 Å². The van der Waals surface area contributed by atoms with Gasteiger partial charge in [-0.2, -0.15) is 0 Å². The minimum absolute atomic E-state index is 0.223. The van der Waals surface area contributed by atoms with Crippen molar-refractivity contribution < 1.29 is 4.57 Å². The van der Waals surface area contributed by atoms with Gasteiger partial charge in [0.25, 0.3) is 0 Å². The standard InChI is InChI=1S/C25H40OP2/c1-16(2)20-11-12-21-18(5)15-19(6)24-14-13-23(17(3)4)28(24,26)25-10-8-7-9-22(25)27(20)21/h7-10,16-21,23-24H,11-15H2,1-6H3/t18?,19?,20-,21-,23-,24-,27?,28?/m0/s1. The van der Waals surface area contributed by atoms with Gasteiger partial charge in [0.15, 0.2) is 0 Å². The Labute approximate surface area is 174 Å². The van der Waals surface area contributed by atoms with E-state index in [1.165, 1.54) is 37.4 Å². The summed E-state index contributed by atoms with van der Waals surface area (Å²) in [7, 11) is -2.63. The molecule has 3 heterocycles. The van der Waals surface area contributed by atoms with E-state index in [1.54, 1.807) is 5.30 Å². The first-order valence-corrected chi connectivity index (χ1v) is 15.1. The van der Waals surface area contributed by atoms with Gasteiger partial charge in [0.2, 0.25) is 0 Å². The lowest BCUT2D eigenvalue weighted by molar-refractivity contribution is 0.378. The van der Waals surface area contributed by atoms with E-state index in [0.29, 0.717) is 23.2 Å². The molecule has 0 saturated carbocycles. The third-order valence-corrected chi connectivity index (χ3v) is 17.3. The van der Waals surface area contributed by atoms with E-state index in [-0.39, 0.29) is 7.92 Å². The van der Waals surface area contributed by atoms with E-state index >= 15 is 4.57 Å². The molecule has 2 fully saturated rings. The first-order chi connectivity index (χ1) is 13.3. The van der Waals surface area contributed by atoms with Gasteiger partial charge in [-0.15, -0.1) is 0 Å². The largest absolute Gasteiger partial charge is 0.318 e. The van der Waals surface area contributed by atoms with Crippen molar-refractivity contribution in [2.75, 3.05) is 0 Å². The molecule has 156 valence electrons. The highest BCUT2D eigenvalue weighted by atomic mass is 31.2. The molecule has 0 radical (unpaired) electrons. The quantitative estimate of drug-likeness (QED) is 0.481. The van der Waals surface area contributed by atoms with Crippen LogP contribution in [0.5, 0.6) is 0 Å². The Morgan fingerprint density at radius 2 is 1.64 bits per heavy atom. The van der Waals surface area contributed by atoms with E-state index in [9.17, 15) is 0 Å². The molecular formula is C25H40OP2. The van der Waals surface area contributed by atoms with E-state index in [4.69, 9.17) is 0 Å². The van der Waals surface area contributed by atoms with Gasteiger partial charge in [0.05, 0.1) is 0 Å². The molecule has 1 nitrogen and oxygen atoms in total. The van der Waals surface area contributed by atoms with Crippen molar-refractivity contribution in [3.05, 3.63) is 24.3 Å². The summed E-state index contributed by atoms with van der Waals surface area (Å²) in [6.07, 6.45) is 6.39. The summed E-state index contributed by atoms with van der Waals surface area (Å²) >= 11 is 0. The van der Waals surface area contributed by atoms with E-state index in [0.717, 1.165) is 23.2 Å². The van der Waals surface area contributed by atoms with Gasteiger partial charge in [-0.05, 0) is 72.4 Å². The number of hydrogen-bond acceptors (Lipinski definition) is 1. The van der Waals surface area contributed by atoms with Crippen LogP contribution in [0.3, 0.4) is 0 Å². The smallest absolute Gasteiger partial charge is 0.122 e. The van der Waals surface area contributed by atoms with Crippen LogP contribution in [-0.4, -0.2) is 22.6 Å². The van der Waals surface area contributed by atoms with Gasteiger partial charge >= 0.3 is 0 Å². The molecule has 0 bridgehead atoms. The van der Waals surface area contributed by atoms with Gasteiger partial charge in [0.1, 0.15) is 7.14 Å². The maximum Gasteiger partial charge on any atom is 0.122 e. The fourth-order valence-corrected chi connectivity index (χ4v) is 16.7. The molecular weight excluding hydrogens is 378 g/mol. The minimum Gasteiger partial charge on any atom is -0.318 e. The van der Waals surface area contributed by atoms with Gasteiger partial charge in [-0.3, -0.25) is 0 Å². The number of hydrogen-bond donors (Lipinski definition) is 0. The van der Waals surface area contributed by atoms with Crippen molar-refractivity contribution in [2.45, 2.75) is 96.3 Å². The number of fused-ring (bicyclic) bond motifs is 5. The van der Waals surface area contributed by atoms with Crippen molar-refractivity contribution in [3.8, 4) is 0 Å². The summed E-state index contributed by atoms with van der Waals surface area (Å²) in [5, 5.41) is 2.89. The first kappa shape index (κ1) is 21.1. The van der Waals surface area contributed by atoms with Crippen molar-refractivity contribution in [3.63, 3.8) is 0 Å². The third-order valence-electron chi connectivity index (χ3n) is 8.35. The van der Waals surface area contributed by atoms with Crippen molar-refractivity contribution in [1.82, 2.24) is 0 Å². The van der Waals surface area contributed by atoms with Crippen LogP contribution in [0.1, 0.15) is 73.6 Å². The van der Waals surface area contributed by atoms with Crippen LogP contribution in [-0.2, 0) is 4.57 Å². The molecule has 28 heavy (non-hydrogen) atoms. The van der Waals surface area contributed by atoms with Crippen molar-refractivity contribution in [1.29, 1.82) is 0 Å². The Kier molecular flexibility index (Phi) is 5.92. The van der Waals surface area contributed by atoms with Gasteiger partial charge < -0.3 is 4.57 Å². The molecule has 4 rings (SSSR count). The van der Waals surface area contributed by atoms with Crippen LogP contribution < -0.4 is 10.6 Å². The Bertz CT molecular complexity index is 755. The SMILES string of the molecule is CC(C)[C@@H]1CC[C@H]2C(C)CC(C)[C@@H]3CC[C@@H](C(C)C)P3(=O)c3ccccc3P12. The average molecular weight is 419 g/mol. The summed E-state index contributed by atoms with van der Waals surface area (Å²) in [4.78, 5) is 0. The molecule has 3 aliphatic rings. The highest BCUT2D eigenvalue weighted by Gasteiger charge is 2.54. The van der Waals surface area contributed by atoms with Gasteiger partial charge in [-0.25, -0.2) is 0 Å². The zero-order valence-corrected chi connectivity index (χ0v) is 20.6. The van der Waals surface area contributed by atoms with Gasteiger partial charge in [-0.1, -0.05) is 73.7 Å². The van der Waals surface area contributed by atoms with Gasteiger partial charge in [0, 0.05) is 16.6 Å². The molecule has 1 aromatic carbocycles. The van der Waals surface area contributed by atoms with Crippen molar-refractivity contribution >= 4 is 25.7 Å². The molecule has 2 saturated heterocycles. The summed E-state index contributed by atoms with van der Waals surface area (Å²) in [5.74, 6) is 2.60. The molecule has 3 heteroatoms. The lowest BCUT2D eigenvalue weighted by Crippen LogP contribution is -2.34. The summed E-state index contributed by atoms with van der Waals surface area (Å²) in [6, 6.07) is 9.13. The summed E-state index contributed by atoms with van der Waals surface area (Å²) in [6.45, 7) is 14.4. The molecule has 0 aliphatic carbocycles. The average Bonchev–Trinajstić information content (AvgIpc) is 3.23. The second-order valence-electron chi connectivity index (χ2n) is 10.7. The monoisotopic (exact) mass is 418 g/mol. The second kappa shape index (κ2) is 7.85. The zero-order chi connectivity index (χ0) is 20.2. The highest BCUT2D eigenvalue weighted by molar-refractivity contribution is 7.77. The van der Waals surface area contributed by atoms with Crippen LogP contribution in [0, 0.1) is 23.7 Å². The van der Waals surface area contributed by atoms with Crippen LogP contribution in [0.2, 0.25) is 0 Å². The Balaban J connectivity index is 1.94. The predicted octanol–water partition coefficient (Wildman–Crippen LogP) is 6.83. The van der Waals surface area contributed by atoms with E-state index in [2.05, 4.69) is 65.8 Å². The Morgan fingerprint density at radius 1 is 0.929 bits per heavy atom. The summed E-state index contributed by atoms with van der Waals surface area (Å²) in [5.41, 5.74) is 2.44. The first-order valence-electron chi connectivity index (χ1n) is 11.7. The highest BCUT2D eigenvalue weighted by Crippen LogP contribution is 2.69. The molecule has 1 aromatic rings. The minimum atomic E-state index is -2.40. The zero-order valence-electron chi connectivity index (χ0n) is 18.8. The molecule has 8 atom stereocenters. The molecule has 0 amide bonds. The lowest BCUT2D eigenvalue weighted by atomic mass is 9.88. The molecule has 0 N–H and O–H groups in total. The normalized spacial score (nSPS) is 43.2. The third kappa shape index (κ3) is 3.19. The van der Waals surface area contributed by atoms with Crippen molar-refractivity contribution in [2.24, 2.45) is 23.7 Å². The van der Waals surface area contributed by atoms with Crippen LogP contribution in [0.15, 0.2) is 24.3 Å². The molecule has 0 aromatic heterocycles. The maximum absolute atomic E-state index is 15.1. The lowest BCUT2D eigenvalue weighted by Gasteiger charge is -2.35. The Morgan fingerprint density at radius 3 is 2.32 bits per heavy atom. The van der Waals surface area contributed by atoms with Crippen LogP contribution in [0.25, 0.3) is 0 Å².